The molecular weight excluding hydrogens is 691 g/mol. The Bertz CT molecular complexity index is 1680. The molecule has 4 aromatic rings. The summed E-state index contributed by atoms with van der Waals surface area (Å²) in [5, 5.41) is 7.64. The van der Waals surface area contributed by atoms with Crippen molar-refractivity contribution in [2.75, 3.05) is 14.2 Å². The Morgan fingerprint density at radius 3 is 1.92 bits per heavy atom. The van der Waals surface area contributed by atoms with Crippen LogP contribution in [-0.4, -0.2) is 48.1 Å². The molecular formula is C38H40Cl2F4N4O2. The second-order valence-electron chi connectivity index (χ2n) is 13.1. The topological polar surface area (TPSA) is 68.3 Å². The van der Waals surface area contributed by atoms with Crippen molar-refractivity contribution in [2.45, 2.75) is 88.4 Å². The molecule has 12 heteroatoms. The fourth-order valence-electron chi connectivity index (χ4n) is 6.76. The van der Waals surface area contributed by atoms with Crippen molar-refractivity contribution in [1.29, 1.82) is 0 Å². The molecule has 50 heavy (non-hydrogen) atoms. The first-order chi connectivity index (χ1) is 24.0. The third-order valence-corrected chi connectivity index (χ3v) is 10.5. The number of methoxy groups -OCH3 is 2. The average Bonchev–Trinajstić information content (AvgIpc) is 3.11. The summed E-state index contributed by atoms with van der Waals surface area (Å²) in [4.78, 5) is 9.33. The highest BCUT2D eigenvalue weighted by Gasteiger charge is 2.35. The predicted molar refractivity (Wildman–Crippen MR) is 190 cm³/mol. The SMILES string of the molecule is COc1cc(-c2nccc(-c3cccc(-c4ccc(CNC5CCC(F)(F)CC5)c(OC)n4)c3Cl)c2Cl)ccc1CNC1CCC(F)(F)CC1. The van der Waals surface area contributed by atoms with E-state index in [1.54, 1.807) is 20.4 Å². The minimum absolute atomic E-state index is 0.0166. The Kier molecular flexibility index (Phi) is 11.2. The van der Waals surface area contributed by atoms with Gasteiger partial charge in [0.15, 0.2) is 0 Å². The third kappa shape index (κ3) is 8.36. The number of nitrogens with zero attached hydrogens (tertiary/aromatic N) is 2. The summed E-state index contributed by atoms with van der Waals surface area (Å²) in [6, 6.07) is 17.0. The largest absolute Gasteiger partial charge is 0.496 e. The van der Waals surface area contributed by atoms with Gasteiger partial charge in [0.1, 0.15) is 5.75 Å². The molecule has 0 unspecified atom stereocenters. The molecule has 266 valence electrons. The average molecular weight is 732 g/mol. The third-order valence-electron chi connectivity index (χ3n) is 9.74. The number of ether oxygens (including phenoxy) is 2. The number of rotatable bonds is 11. The summed E-state index contributed by atoms with van der Waals surface area (Å²) in [6.07, 6.45) is 2.98. The van der Waals surface area contributed by atoms with Crippen molar-refractivity contribution in [2.24, 2.45) is 0 Å². The highest BCUT2D eigenvalue weighted by atomic mass is 35.5. The molecule has 0 saturated heterocycles. The molecule has 0 aliphatic heterocycles. The zero-order valence-electron chi connectivity index (χ0n) is 28.0. The number of hydrogen-bond acceptors (Lipinski definition) is 6. The Labute approximate surface area is 299 Å². The zero-order valence-corrected chi connectivity index (χ0v) is 29.5. The minimum atomic E-state index is -2.57. The lowest BCUT2D eigenvalue weighted by atomic mass is 9.92. The van der Waals surface area contributed by atoms with E-state index in [2.05, 4.69) is 15.6 Å². The smallest absolute Gasteiger partial charge is 0.248 e. The first kappa shape index (κ1) is 36.4. The van der Waals surface area contributed by atoms with Gasteiger partial charge in [-0.1, -0.05) is 59.6 Å². The molecule has 6 rings (SSSR count). The van der Waals surface area contributed by atoms with E-state index in [-0.39, 0.29) is 37.8 Å². The molecule has 0 radical (unpaired) electrons. The Balaban J connectivity index is 1.20. The van der Waals surface area contributed by atoms with Crippen LogP contribution in [0.5, 0.6) is 11.6 Å². The molecule has 2 heterocycles. The van der Waals surface area contributed by atoms with Gasteiger partial charge in [0.25, 0.3) is 0 Å². The summed E-state index contributed by atoms with van der Waals surface area (Å²) in [5.74, 6) is -4.08. The normalized spacial score (nSPS) is 17.8. The maximum atomic E-state index is 13.6. The van der Waals surface area contributed by atoms with Crippen molar-refractivity contribution in [3.63, 3.8) is 0 Å². The van der Waals surface area contributed by atoms with E-state index in [1.165, 1.54) is 0 Å². The van der Waals surface area contributed by atoms with Crippen molar-refractivity contribution in [1.82, 2.24) is 20.6 Å². The number of benzene rings is 2. The van der Waals surface area contributed by atoms with Gasteiger partial charge >= 0.3 is 0 Å². The quantitative estimate of drug-likeness (QED) is 0.150. The van der Waals surface area contributed by atoms with Crippen LogP contribution in [0.1, 0.15) is 62.5 Å². The molecule has 0 spiro atoms. The maximum Gasteiger partial charge on any atom is 0.248 e. The summed E-state index contributed by atoms with van der Waals surface area (Å²) in [5.41, 5.74) is 5.70. The fraction of sp³-hybridized carbons (Fsp3) is 0.421. The van der Waals surface area contributed by atoms with Crippen LogP contribution in [-0.2, 0) is 13.1 Å². The van der Waals surface area contributed by atoms with Gasteiger partial charge in [-0.05, 0) is 43.9 Å². The number of halogens is 6. The van der Waals surface area contributed by atoms with Crippen molar-refractivity contribution in [3.05, 3.63) is 82.0 Å². The van der Waals surface area contributed by atoms with Gasteiger partial charge < -0.3 is 20.1 Å². The second kappa shape index (κ2) is 15.4. The Hall–Kier alpha value is -3.44. The van der Waals surface area contributed by atoms with Gasteiger partial charge in [-0.2, -0.15) is 0 Å². The Morgan fingerprint density at radius 1 is 0.720 bits per heavy atom. The van der Waals surface area contributed by atoms with E-state index in [1.807, 2.05) is 54.6 Å². The van der Waals surface area contributed by atoms with Gasteiger partial charge in [-0.3, -0.25) is 4.98 Å². The van der Waals surface area contributed by atoms with E-state index in [0.29, 0.717) is 88.5 Å². The lowest BCUT2D eigenvalue weighted by molar-refractivity contribution is -0.0410. The number of hydrogen-bond donors (Lipinski definition) is 2. The van der Waals surface area contributed by atoms with Gasteiger partial charge in [0.2, 0.25) is 17.7 Å². The standard InChI is InChI=1S/C38H40Cl2F4N4O2/c1-49-32-20-23(6-7-24(32)21-46-26-10-15-37(41,42)16-11-26)35-34(40)29(14-19-45-35)28-4-3-5-30(33(28)39)31-9-8-25(36(48-31)50-2)22-47-27-12-17-38(43,44)18-13-27/h3-9,14,19-20,26-27,46-47H,10-13,15-18,21-22H2,1-2H3. The highest BCUT2D eigenvalue weighted by Crippen LogP contribution is 2.42. The summed E-state index contributed by atoms with van der Waals surface area (Å²) in [7, 11) is 3.14. The second-order valence-corrected chi connectivity index (χ2v) is 13.9. The van der Waals surface area contributed by atoms with Crippen molar-refractivity contribution >= 4 is 23.2 Å². The number of aromatic nitrogens is 2. The van der Waals surface area contributed by atoms with Crippen LogP contribution in [0.3, 0.4) is 0 Å². The molecule has 2 N–H and O–H groups in total. The number of alkyl halides is 4. The molecule has 2 aromatic carbocycles. The molecule has 2 fully saturated rings. The van der Waals surface area contributed by atoms with Crippen LogP contribution in [0.4, 0.5) is 17.6 Å². The first-order valence-electron chi connectivity index (χ1n) is 16.8. The zero-order chi connectivity index (χ0) is 35.5. The molecule has 0 amide bonds. The number of nitrogens with one attached hydrogen (secondary N) is 2. The Morgan fingerprint density at radius 2 is 1.30 bits per heavy atom. The van der Waals surface area contributed by atoms with Crippen LogP contribution >= 0.6 is 23.2 Å². The maximum absolute atomic E-state index is 13.6. The summed E-state index contributed by atoms with van der Waals surface area (Å²) in [6.45, 7) is 0.932. The molecule has 2 aliphatic rings. The van der Waals surface area contributed by atoms with E-state index < -0.39 is 11.8 Å². The van der Waals surface area contributed by atoms with Crippen LogP contribution in [0.2, 0.25) is 10.0 Å². The van der Waals surface area contributed by atoms with Crippen LogP contribution in [0, 0.1) is 0 Å². The molecule has 0 bridgehead atoms. The number of pyridine rings is 2. The molecule has 0 atom stereocenters. The summed E-state index contributed by atoms with van der Waals surface area (Å²) >= 11 is 14.1. The van der Waals surface area contributed by atoms with Crippen molar-refractivity contribution in [3.8, 4) is 45.3 Å². The van der Waals surface area contributed by atoms with E-state index >= 15 is 0 Å². The van der Waals surface area contributed by atoms with Crippen LogP contribution < -0.4 is 20.1 Å². The predicted octanol–water partition coefficient (Wildman–Crippen LogP) is 10.1. The molecule has 2 aliphatic carbocycles. The molecule has 6 nitrogen and oxygen atoms in total. The van der Waals surface area contributed by atoms with Gasteiger partial charge in [0, 0.05) is 90.4 Å². The first-order valence-corrected chi connectivity index (χ1v) is 17.6. The lowest BCUT2D eigenvalue weighted by Crippen LogP contribution is -2.36. The van der Waals surface area contributed by atoms with Gasteiger partial charge in [-0.15, -0.1) is 0 Å². The van der Waals surface area contributed by atoms with E-state index in [0.717, 1.165) is 16.7 Å². The van der Waals surface area contributed by atoms with E-state index in [4.69, 9.17) is 37.7 Å². The van der Waals surface area contributed by atoms with Gasteiger partial charge in [-0.25, -0.2) is 22.5 Å². The van der Waals surface area contributed by atoms with Crippen LogP contribution in [0.25, 0.3) is 33.6 Å². The summed E-state index contributed by atoms with van der Waals surface area (Å²) < 4.78 is 65.7. The highest BCUT2D eigenvalue weighted by molar-refractivity contribution is 6.39. The van der Waals surface area contributed by atoms with E-state index in [9.17, 15) is 17.6 Å². The van der Waals surface area contributed by atoms with Gasteiger partial charge in [0.05, 0.1) is 35.7 Å². The lowest BCUT2D eigenvalue weighted by Gasteiger charge is -2.29. The molecule has 2 saturated carbocycles. The van der Waals surface area contributed by atoms with Crippen LogP contribution in [0.15, 0.2) is 60.8 Å². The van der Waals surface area contributed by atoms with Crippen molar-refractivity contribution < 1.29 is 27.0 Å². The monoisotopic (exact) mass is 730 g/mol. The fourth-order valence-corrected chi connectivity index (χ4v) is 7.40. The molecule has 2 aromatic heterocycles. The minimum Gasteiger partial charge on any atom is -0.496 e.